The number of halogens is 1. The maximum Gasteiger partial charge on any atom is 0.160 e. The lowest BCUT2D eigenvalue weighted by Gasteiger charge is -2.14. The first-order valence-corrected chi connectivity index (χ1v) is 9.91. The highest BCUT2D eigenvalue weighted by Crippen LogP contribution is 2.29. The average molecular weight is 450 g/mol. The lowest BCUT2D eigenvalue weighted by atomic mass is 9.98. The van der Waals surface area contributed by atoms with Crippen molar-refractivity contribution in [1.29, 1.82) is 0 Å². The predicted molar refractivity (Wildman–Crippen MR) is 116 cm³/mol. The molecule has 3 aromatic rings. The van der Waals surface area contributed by atoms with Gasteiger partial charge in [0.2, 0.25) is 0 Å². The van der Waals surface area contributed by atoms with Crippen molar-refractivity contribution in [3.63, 3.8) is 0 Å². The van der Waals surface area contributed by atoms with Crippen LogP contribution in [0.25, 0.3) is 22.6 Å². The van der Waals surface area contributed by atoms with Crippen LogP contribution in [0.15, 0.2) is 85.0 Å². The van der Waals surface area contributed by atoms with Gasteiger partial charge in [-0.25, -0.2) is 9.97 Å². The fourth-order valence-electron chi connectivity index (χ4n) is 3.16. The molecule has 0 bridgehead atoms. The van der Waals surface area contributed by atoms with Gasteiger partial charge in [0.05, 0.1) is 11.4 Å². The molecular weight excluding hydrogens is 431 g/mol. The van der Waals surface area contributed by atoms with Gasteiger partial charge in [-0.05, 0) is 53.6 Å². The fraction of sp³-hybridized carbons (Fsp3) is 0.130. The van der Waals surface area contributed by atoms with E-state index in [-0.39, 0.29) is 0 Å². The molecule has 0 spiro atoms. The van der Waals surface area contributed by atoms with Crippen molar-refractivity contribution in [3.05, 3.63) is 94.2 Å². The maximum atomic E-state index is 4.94. The Morgan fingerprint density at radius 3 is 2.54 bits per heavy atom. The zero-order valence-corrected chi connectivity index (χ0v) is 16.5. The molecule has 2 nitrogen and oxygen atoms in total. The second kappa shape index (κ2) is 7.96. The Morgan fingerprint density at radius 1 is 0.846 bits per heavy atom. The Labute approximate surface area is 167 Å². The molecule has 1 aromatic heterocycles. The maximum absolute atomic E-state index is 4.94. The Hall–Kier alpha value is -2.27. The van der Waals surface area contributed by atoms with E-state index in [2.05, 4.69) is 101 Å². The zero-order chi connectivity index (χ0) is 17.8. The van der Waals surface area contributed by atoms with Crippen molar-refractivity contribution in [3.8, 4) is 22.6 Å². The van der Waals surface area contributed by atoms with Crippen molar-refractivity contribution >= 4 is 22.6 Å². The van der Waals surface area contributed by atoms with Crippen molar-refractivity contribution < 1.29 is 0 Å². The van der Waals surface area contributed by atoms with Crippen LogP contribution in [-0.2, 0) is 0 Å². The summed E-state index contributed by atoms with van der Waals surface area (Å²) in [5.74, 6) is 1.11. The number of allylic oxidation sites excluding steroid dienone is 4. The molecular formula is C23H19IN2. The van der Waals surface area contributed by atoms with Gasteiger partial charge in [-0.15, -0.1) is 0 Å². The van der Waals surface area contributed by atoms with Crippen LogP contribution in [0.1, 0.15) is 24.5 Å². The van der Waals surface area contributed by atoms with Crippen LogP contribution in [0.4, 0.5) is 0 Å². The molecule has 0 aliphatic heterocycles. The summed E-state index contributed by atoms with van der Waals surface area (Å²) >= 11 is 2.33. The van der Waals surface area contributed by atoms with E-state index in [0.29, 0.717) is 5.92 Å². The van der Waals surface area contributed by atoms with Gasteiger partial charge >= 0.3 is 0 Å². The van der Waals surface area contributed by atoms with E-state index in [1.165, 1.54) is 3.57 Å². The number of rotatable bonds is 3. The van der Waals surface area contributed by atoms with E-state index in [1.54, 1.807) is 0 Å². The molecule has 128 valence electrons. The summed E-state index contributed by atoms with van der Waals surface area (Å²) in [6.45, 7) is 0. The highest BCUT2D eigenvalue weighted by Gasteiger charge is 2.15. The molecule has 1 atom stereocenters. The van der Waals surface area contributed by atoms with E-state index in [4.69, 9.17) is 9.97 Å². The predicted octanol–water partition coefficient (Wildman–Crippen LogP) is 6.41. The molecule has 26 heavy (non-hydrogen) atoms. The van der Waals surface area contributed by atoms with Crippen LogP contribution in [-0.4, -0.2) is 9.97 Å². The Balaban J connectivity index is 1.84. The fourth-order valence-corrected chi connectivity index (χ4v) is 3.70. The topological polar surface area (TPSA) is 25.8 Å². The van der Waals surface area contributed by atoms with E-state index in [0.717, 1.165) is 41.2 Å². The van der Waals surface area contributed by atoms with Crippen molar-refractivity contribution in [2.24, 2.45) is 0 Å². The summed E-state index contributed by atoms with van der Waals surface area (Å²) < 4.78 is 1.19. The second-order valence-electron chi connectivity index (χ2n) is 6.37. The molecule has 1 unspecified atom stereocenters. The van der Waals surface area contributed by atoms with E-state index in [1.807, 2.05) is 6.07 Å². The van der Waals surface area contributed by atoms with Gasteiger partial charge in [-0.1, -0.05) is 66.8 Å². The van der Waals surface area contributed by atoms with Crippen molar-refractivity contribution in [1.82, 2.24) is 9.97 Å². The van der Waals surface area contributed by atoms with E-state index in [9.17, 15) is 0 Å². The Bertz CT molecular complexity index is 961. The molecule has 0 fully saturated rings. The first-order chi connectivity index (χ1) is 12.8. The summed E-state index contributed by atoms with van der Waals surface area (Å²) in [5, 5.41) is 0. The minimum absolute atomic E-state index is 0.317. The largest absolute Gasteiger partial charge is 0.232 e. The molecule has 0 saturated carbocycles. The highest BCUT2D eigenvalue weighted by molar-refractivity contribution is 14.1. The van der Waals surface area contributed by atoms with Crippen LogP contribution >= 0.6 is 22.6 Å². The summed E-state index contributed by atoms with van der Waals surface area (Å²) in [7, 11) is 0. The van der Waals surface area contributed by atoms with E-state index >= 15 is 0 Å². The molecule has 3 heteroatoms. The Kier molecular flexibility index (Phi) is 5.25. The van der Waals surface area contributed by atoms with Gasteiger partial charge < -0.3 is 0 Å². The van der Waals surface area contributed by atoms with Crippen molar-refractivity contribution in [2.45, 2.75) is 18.8 Å². The lowest BCUT2D eigenvalue weighted by Crippen LogP contribution is -2.03. The molecule has 1 heterocycles. The monoisotopic (exact) mass is 450 g/mol. The van der Waals surface area contributed by atoms with Gasteiger partial charge in [0.1, 0.15) is 0 Å². The first kappa shape index (κ1) is 17.2. The van der Waals surface area contributed by atoms with Gasteiger partial charge in [-0.2, -0.15) is 0 Å². The summed E-state index contributed by atoms with van der Waals surface area (Å²) in [4.78, 5) is 9.82. The zero-order valence-electron chi connectivity index (χ0n) is 14.3. The number of nitrogens with zero attached hydrogens (tertiary/aromatic N) is 2. The van der Waals surface area contributed by atoms with Crippen LogP contribution < -0.4 is 0 Å². The third-order valence-electron chi connectivity index (χ3n) is 4.51. The third kappa shape index (κ3) is 3.93. The third-order valence-corrected chi connectivity index (χ3v) is 5.18. The Morgan fingerprint density at radius 2 is 1.69 bits per heavy atom. The smallest absolute Gasteiger partial charge is 0.160 e. The quantitative estimate of drug-likeness (QED) is 0.432. The van der Waals surface area contributed by atoms with E-state index < -0.39 is 0 Å². The van der Waals surface area contributed by atoms with Gasteiger partial charge in [0.25, 0.3) is 0 Å². The molecule has 0 N–H and O–H groups in total. The van der Waals surface area contributed by atoms with Gasteiger partial charge in [-0.3, -0.25) is 0 Å². The van der Waals surface area contributed by atoms with Crippen LogP contribution in [0, 0.1) is 3.57 Å². The molecule has 0 radical (unpaired) electrons. The first-order valence-electron chi connectivity index (χ1n) is 8.83. The normalized spacial score (nSPS) is 16.4. The van der Waals surface area contributed by atoms with Crippen LogP contribution in [0.2, 0.25) is 0 Å². The number of benzene rings is 2. The van der Waals surface area contributed by atoms with Crippen LogP contribution in [0.3, 0.4) is 0 Å². The highest BCUT2D eigenvalue weighted by atomic mass is 127. The lowest BCUT2D eigenvalue weighted by molar-refractivity contribution is 0.731. The molecule has 0 saturated heterocycles. The number of hydrogen-bond acceptors (Lipinski definition) is 2. The minimum atomic E-state index is 0.317. The summed E-state index contributed by atoms with van der Waals surface area (Å²) in [5.41, 5.74) is 4.26. The SMILES string of the molecule is Ic1cccc(-c2nc(-c3ccccc3)cc(C3C=CC=CCC3)n2)c1. The number of aromatic nitrogens is 2. The van der Waals surface area contributed by atoms with Crippen LogP contribution in [0.5, 0.6) is 0 Å². The second-order valence-corrected chi connectivity index (χ2v) is 7.62. The van der Waals surface area contributed by atoms with Crippen molar-refractivity contribution in [2.75, 3.05) is 0 Å². The molecule has 1 aliphatic carbocycles. The molecule has 1 aliphatic rings. The minimum Gasteiger partial charge on any atom is -0.232 e. The molecule has 2 aromatic carbocycles. The summed E-state index contributed by atoms with van der Waals surface area (Å²) in [6.07, 6.45) is 10.9. The van der Waals surface area contributed by atoms with Gasteiger partial charge in [0, 0.05) is 20.6 Å². The average Bonchev–Trinajstić information content (AvgIpc) is 2.98. The number of hydrogen-bond donors (Lipinski definition) is 0. The molecule has 4 rings (SSSR count). The van der Waals surface area contributed by atoms with Gasteiger partial charge in [0.15, 0.2) is 5.82 Å². The summed E-state index contributed by atoms with van der Waals surface area (Å²) in [6, 6.07) is 20.9. The standard InChI is InChI=1S/C23H19IN2/c24-20-14-8-13-19(15-20)23-25-21(17-9-4-1-2-5-10-17)16-22(26-23)18-11-6-3-7-12-18/h1-4,6-9,11-17H,5,10H2. The molecule has 0 amide bonds.